The Balaban J connectivity index is 1.87. The maximum atomic E-state index is 11.5. The number of nitrogen functional groups attached to an aromatic ring is 1. The summed E-state index contributed by atoms with van der Waals surface area (Å²) in [5.74, 6) is -0.807. The van der Waals surface area contributed by atoms with E-state index in [1.54, 1.807) is 35.0 Å². The van der Waals surface area contributed by atoms with E-state index in [0.29, 0.717) is 16.4 Å². The van der Waals surface area contributed by atoms with Gasteiger partial charge in [-0.05, 0) is 36.4 Å². The molecule has 148 valence electrons. The van der Waals surface area contributed by atoms with E-state index in [4.69, 9.17) is 17.3 Å². The van der Waals surface area contributed by atoms with Gasteiger partial charge in [-0.15, -0.1) is 10.2 Å². The van der Waals surface area contributed by atoms with Crippen LogP contribution < -0.4 is 5.73 Å². The number of azo groups is 1. The van der Waals surface area contributed by atoms with Gasteiger partial charge < -0.3 is 10.8 Å². The van der Waals surface area contributed by atoms with Gasteiger partial charge in [-0.2, -0.15) is 5.10 Å². The number of anilines is 1. The molecule has 3 aromatic carbocycles. The van der Waals surface area contributed by atoms with E-state index in [9.17, 15) is 9.90 Å². The van der Waals surface area contributed by atoms with Crippen LogP contribution in [0.25, 0.3) is 16.9 Å². The van der Waals surface area contributed by atoms with Crippen LogP contribution in [0.1, 0.15) is 10.4 Å². The van der Waals surface area contributed by atoms with Gasteiger partial charge in [0.25, 0.3) is 0 Å². The normalized spacial score (nSPS) is 11.1. The van der Waals surface area contributed by atoms with E-state index in [-0.39, 0.29) is 17.1 Å². The Morgan fingerprint density at radius 1 is 0.933 bits per heavy atom. The number of carboxylic acid groups (broad SMARTS) is 1. The van der Waals surface area contributed by atoms with E-state index < -0.39 is 5.97 Å². The zero-order chi connectivity index (χ0) is 21.1. The van der Waals surface area contributed by atoms with Gasteiger partial charge in [-0.1, -0.05) is 54.1 Å². The van der Waals surface area contributed by atoms with Crippen LogP contribution in [0.15, 0.2) is 89.1 Å². The van der Waals surface area contributed by atoms with Crippen LogP contribution in [-0.4, -0.2) is 20.9 Å². The lowest BCUT2D eigenvalue weighted by atomic mass is 10.1. The van der Waals surface area contributed by atoms with Crippen LogP contribution in [0.4, 0.5) is 17.2 Å². The van der Waals surface area contributed by atoms with Crippen LogP contribution in [0.3, 0.4) is 0 Å². The van der Waals surface area contributed by atoms with Crippen LogP contribution in [-0.2, 0) is 0 Å². The minimum atomic E-state index is -1.09. The molecule has 0 aliphatic heterocycles. The zero-order valence-corrected chi connectivity index (χ0v) is 16.4. The van der Waals surface area contributed by atoms with Crippen LogP contribution >= 0.6 is 11.6 Å². The first-order chi connectivity index (χ1) is 14.5. The predicted octanol–water partition coefficient (Wildman–Crippen LogP) is 5.89. The van der Waals surface area contributed by atoms with Gasteiger partial charge >= 0.3 is 5.97 Å². The van der Waals surface area contributed by atoms with Gasteiger partial charge in [0.05, 0.1) is 11.3 Å². The topological polar surface area (TPSA) is 106 Å². The molecule has 0 saturated carbocycles. The van der Waals surface area contributed by atoms with Crippen molar-refractivity contribution in [3.05, 3.63) is 89.4 Å². The molecule has 1 heterocycles. The third-order valence-corrected chi connectivity index (χ3v) is 4.66. The van der Waals surface area contributed by atoms with Gasteiger partial charge in [0.15, 0.2) is 11.5 Å². The summed E-state index contributed by atoms with van der Waals surface area (Å²) in [4.78, 5) is 11.5. The fourth-order valence-electron chi connectivity index (χ4n) is 2.94. The molecule has 30 heavy (non-hydrogen) atoms. The molecule has 0 spiro atoms. The lowest BCUT2D eigenvalue weighted by Crippen LogP contribution is -2.01. The molecule has 0 bridgehead atoms. The second-order valence-electron chi connectivity index (χ2n) is 6.36. The van der Waals surface area contributed by atoms with E-state index in [1.807, 2.05) is 42.5 Å². The summed E-state index contributed by atoms with van der Waals surface area (Å²) in [6.45, 7) is 0. The van der Waals surface area contributed by atoms with Crippen molar-refractivity contribution >= 4 is 34.8 Å². The number of aromatic nitrogens is 2. The van der Waals surface area contributed by atoms with Crippen molar-refractivity contribution in [3.63, 3.8) is 0 Å². The molecule has 0 aliphatic rings. The third kappa shape index (κ3) is 3.78. The quantitative estimate of drug-likeness (QED) is 0.395. The van der Waals surface area contributed by atoms with E-state index >= 15 is 0 Å². The highest BCUT2D eigenvalue weighted by molar-refractivity contribution is 6.30. The molecular weight excluding hydrogens is 402 g/mol. The number of nitrogens with zero attached hydrogens (tertiary/aromatic N) is 4. The molecule has 0 aliphatic carbocycles. The van der Waals surface area contributed by atoms with Gasteiger partial charge in [-0.3, -0.25) is 0 Å². The summed E-state index contributed by atoms with van der Waals surface area (Å²) in [6, 6.07) is 22.9. The molecule has 0 fully saturated rings. The Kier molecular flexibility index (Phi) is 5.28. The van der Waals surface area contributed by atoms with Gasteiger partial charge in [0, 0.05) is 10.6 Å². The summed E-state index contributed by atoms with van der Waals surface area (Å²) < 4.78 is 1.57. The summed E-state index contributed by atoms with van der Waals surface area (Å²) in [5.41, 5.74) is 8.99. The highest BCUT2D eigenvalue weighted by atomic mass is 35.5. The Morgan fingerprint density at radius 3 is 2.30 bits per heavy atom. The average Bonchev–Trinajstić information content (AvgIpc) is 3.09. The fourth-order valence-corrected chi connectivity index (χ4v) is 3.06. The summed E-state index contributed by atoms with van der Waals surface area (Å²) >= 11 is 6.01. The van der Waals surface area contributed by atoms with Crippen LogP contribution in [0.2, 0.25) is 5.02 Å². The molecule has 0 amide bonds. The van der Waals surface area contributed by atoms with Gasteiger partial charge in [-0.25, -0.2) is 9.48 Å². The number of aromatic carboxylic acids is 1. The number of benzene rings is 3. The van der Waals surface area contributed by atoms with Crippen molar-refractivity contribution in [3.8, 4) is 16.9 Å². The standard InChI is InChI=1S/C22H16ClN5O2/c23-15-12-10-14(11-13-15)19-20(21(24)28(27-19)16-6-2-1-3-7-16)26-25-18-9-5-4-8-17(18)22(29)30/h1-13H,24H2,(H,29,30). The molecule has 3 N–H and O–H groups in total. The molecule has 8 heteroatoms. The van der Waals surface area contributed by atoms with Crippen molar-refractivity contribution in [2.45, 2.75) is 0 Å². The zero-order valence-electron chi connectivity index (χ0n) is 15.6. The molecule has 0 unspecified atom stereocenters. The summed E-state index contributed by atoms with van der Waals surface area (Å²) in [7, 11) is 0. The monoisotopic (exact) mass is 417 g/mol. The Morgan fingerprint density at radius 2 is 1.60 bits per heavy atom. The second kappa shape index (κ2) is 8.18. The van der Waals surface area contributed by atoms with Gasteiger partial charge in [0.1, 0.15) is 11.4 Å². The molecule has 7 nitrogen and oxygen atoms in total. The second-order valence-corrected chi connectivity index (χ2v) is 6.80. The number of hydrogen-bond donors (Lipinski definition) is 2. The number of carbonyl (C=O) groups is 1. The molecule has 1 aromatic heterocycles. The van der Waals surface area contributed by atoms with Crippen molar-refractivity contribution < 1.29 is 9.90 Å². The average molecular weight is 418 g/mol. The molecule has 0 atom stereocenters. The minimum Gasteiger partial charge on any atom is -0.478 e. The summed E-state index contributed by atoms with van der Waals surface area (Å²) in [5, 5.41) is 23.0. The Bertz CT molecular complexity index is 1230. The number of hydrogen-bond acceptors (Lipinski definition) is 5. The molecule has 4 rings (SSSR count). The van der Waals surface area contributed by atoms with E-state index in [0.717, 1.165) is 11.3 Å². The molecule has 0 saturated heterocycles. The maximum Gasteiger partial charge on any atom is 0.337 e. The minimum absolute atomic E-state index is 0.0447. The maximum absolute atomic E-state index is 11.5. The van der Waals surface area contributed by atoms with Crippen molar-refractivity contribution in [2.24, 2.45) is 10.2 Å². The highest BCUT2D eigenvalue weighted by Crippen LogP contribution is 2.38. The first-order valence-corrected chi connectivity index (χ1v) is 9.36. The van der Waals surface area contributed by atoms with Crippen LogP contribution in [0, 0.1) is 0 Å². The Labute approximate surface area is 177 Å². The smallest absolute Gasteiger partial charge is 0.337 e. The largest absolute Gasteiger partial charge is 0.478 e. The molecular formula is C22H16ClN5O2. The number of para-hydroxylation sites is 1. The van der Waals surface area contributed by atoms with Crippen molar-refractivity contribution in [1.29, 1.82) is 0 Å². The van der Waals surface area contributed by atoms with Crippen LogP contribution in [0.5, 0.6) is 0 Å². The highest BCUT2D eigenvalue weighted by Gasteiger charge is 2.19. The third-order valence-electron chi connectivity index (χ3n) is 4.41. The predicted molar refractivity (Wildman–Crippen MR) is 116 cm³/mol. The summed E-state index contributed by atoms with van der Waals surface area (Å²) in [6.07, 6.45) is 0. The fraction of sp³-hybridized carbons (Fsp3) is 0. The number of halogens is 1. The lowest BCUT2D eigenvalue weighted by molar-refractivity contribution is 0.0697. The molecule has 0 radical (unpaired) electrons. The lowest BCUT2D eigenvalue weighted by Gasteiger charge is -2.02. The number of nitrogens with two attached hydrogens (primary N) is 1. The van der Waals surface area contributed by atoms with E-state index in [2.05, 4.69) is 15.3 Å². The van der Waals surface area contributed by atoms with Crippen molar-refractivity contribution in [2.75, 3.05) is 5.73 Å². The first-order valence-electron chi connectivity index (χ1n) is 8.98. The Hall–Kier alpha value is -3.97. The number of rotatable bonds is 5. The number of carboxylic acids is 1. The van der Waals surface area contributed by atoms with E-state index in [1.165, 1.54) is 6.07 Å². The first kappa shape index (κ1) is 19.4. The molecule has 4 aromatic rings. The van der Waals surface area contributed by atoms with Crippen molar-refractivity contribution in [1.82, 2.24) is 9.78 Å². The SMILES string of the molecule is Nc1c(N=Nc2ccccc2C(=O)O)c(-c2ccc(Cl)cc2)nn1-c1ccccc1. The van der Waals surface area contributed by atoms with Gasteiger partial charge in [0.2, 0.25) is 0 Å².